The number of carbonyl (C=O) groups excluding carboxylic acids is 1. The summed E-state index contributed by atoms with van der Waals surface area (Å²) in [5.41, 5.74) is 5.53. The Morgan fingerprint density at radius 3 is 2.03 bits per heavy atom. The monoisotopic (exact) mass is 485 g/mol. The molecule has 7 rings (SSSR count). The fourth-order valence-corrected chi connectivity index (χ4v) is 7.39. The molecule has 5 fully saturated rings. The SMILES string of the molecule is O=C(NCCCCOc1ccc(C(=C2C3CC4CC(C3)CC2C4)c2ccc(O)cc2)cc1)C1CCC1. The molecule has 4 heteroatoms. The first-order valence-corrected chi connectivity index (χ1v) is 14.2. The number of phenols is 1. The molecular weight excluding hydrogens is 446 g/mol. The zero-order valence-corrected chi connectivity index (χ0v) is 21.3. The smallest absolute Gasteiger partial charge is 0.223 e. The molecule has 0 heterocycles. The Morgan fingerprint density at radius 1 is 0.833 bits per heavy atom. The minimum atomic E-state index is 0.232. The van der Waals surface area contributed by atoms with Gasteiger partial charge in [-0.05, 0) is 122 Å². The Kier molecular flexibility index (Phi) is 6.77. The summed E-state index contributed by atoms with van der Waals surface area (Å²) in [6, 6.07) is 16.4. The van der Waals surface area contributed by atoms with Crippen molar-refractivity contribution in [1.29, 1.82) is 0 Å². The molecule has 190 valence electrons. The number of carbonyl (C=O) groups is 1. The molecule has 0 unspecified atom stereocenters. The molecule has 5 aliphatic rings. The summed E-state index contributed by atoms with van der Waals surface area (Å²) in [7, 11) is 0. The van der Waals surface area contributed by atoms with Crippen LogP contribution in [0.25, 0.3) is 5.57 Å². The number of nitrogens with one attached hydrogen (secondary N) is 1. The zero-order chi connectivity index (χ0) is 24.5. The number of ether oxygens (including phenoxy) is 1. The molecule has 0 aliphatic heterocycles. The summed E-state index contributed by atoms with van der Waals surface area (Å²) in [5, 5.41) is 13.0. The Labute approximate surface area is 215 Å². The summed E-state index contributed by atoms with van der Waals surface area (Å²) in [4.78, 5) is 11.9. The molecule has 5 saturated carbocycles. The lowest BCUT2D eigenvalue weighted by molar-refractivity contribution is -0.127. The van der Waals surface area contributed by atoms with Crippen LogP contribution in [0.5, 0.6) is 11.5 Å². The maximum Gasteiger partial charge on any atom is 0.223 e. The second-order valence-corrected chi connectivity index (χ2v) is 11.7. The summed E-state index contributed by atoms with van der Waals surface area (Å²) >= 11 is 0. The molecule has 36 heavy (non-hydrogen) atoms. The third kappa shape index (κ3) is 4.92. The van der Waals surface area contributed by atoms with Crippen molar-refractivity contribution in [3.05, 3.63) is 65.2 Å². The van der Waals surface area contributed by atoms with Crippen molar-refractivity contribution in [1.82, 2.24) is 5.32 Å². The van der Waals surface area contributed by atoms with Crippen molar-refractivity contribution in [2.75, 3.05) is 13.2 Å². The van der Waals surface area contributed by atoms with Crippen LogP contribution in [0.15, 0.2) is 54.1 Å². The van der Waals surface area contributed by atoms with E-state index in [0.29, 0.717) is 24.2 Å². The van der Waals surface area contributed by atoms with Crippen molar-refractivity contribution >= 4 is 11.5 Å². The van der Waals surface area contributed by atoms with Gasteiger partial charge in [-0.15, -0.1) is 0 Å². The zero-order valence-electron chi connectivity index (χ0n) is 21.3. The molecule has 0 atom stereocenters. The normalized spacial score (nSPS) is 26.5. The van der Waals surface area contributed by atoms with Crippen molar-refractivity contribution in [2.45, 2.75) is 64.2 Å². The van der Waals surface area contributed by atoms with E-state index in [9.17, 15) is 9.90 Å². The second kappa shape index (κ2) is 10.3. The molecular formula is C32H39NO3. The lowest BCUT2D eigenvalue weighted by Crippen LogP contribution is -2.40. The van der Waals surface area contributed by atoms with Gasteiger partial charge >= 0.3 is 0 Å². The first-order chi connectivity index (χ1) is 17.6. The number of hydrogen-bond donors (Lipinski definition) is 2. The van der Waals surface area contributed by atoms with Crippen LogP contribution in [0.4, 0.5) is 0 Å². The number of unbranched alkanes of at least 4 members (excludes halogenated alkanes) is 1. The quantitative estimate of drug-likeness (QED) is 0.387. The molecule has 0 spiro atoms. The van der Waals surface area contributed by atoms with Gasteiger partial charge in [0.05, 0.1) is 6.61 Å². The molecule has 2 aromatic carbocycles. The van der Waals surface area contributed by atoms with Crippen LogP contribution in [0.3, 0.4) is 0 Å². The summed E-state index contributed by atoms with van der Waals surface area (Å²) in [5.74, 6) is 5.00. The van der Waals surface area contributed by atoms with E-state index >= 15 is 0 Å². The van der Waals surface area contributed by atoms with E-state index < -0.39 is 0 Å². The first kappa shape index (κ1) is 23.6. The van der Waals surface area contributed by atoms with Crippen LogP contribution < -0.4 is 10.1 Å². The molecule has 0 radical (unpaired) electrons. The molecule has 4 nitrogen and oxygen atoms in total. The average Bonchev–Trinajstić information content (AvgIpc) is 2.83. The lowest BCUT2D eigenvalue weighted by Gasteiger charge is -2.52. The maximum atomic E-state index is 11.9. The second-order valence-electron chi connectivity index (χ2n) is 11.7. The van der Waals surface area contributed by atoms with Gasteiger partial charge in [-0.3, -0.25) is 4.79 Å². The Bertz CT molecular complexity index is 1070. The maximum absolute atomic E-state index is 11.9. The van der Waals surface area contributed by atoms with Crippen LogP contribution in [0.1, 0.15) is 75.3 Å². The number of phenolic OH excluding ortho intramolecular Hbond substituents is 1. The highest BCUT2D eigenvalue weighted by molar-refractivity contribution is 5.83. The van der Waals surface area contributed by atoms with E-state index in [-0.39, 0.29) is 11.8 Å². The average molecular weight is 486 g/mol. The number of benzene rings is 2. The Balaban J connectivity index is 1.12. The van der Waals surface area contributed by atoms with Gasteiger partial charge in [-0.2, -0.15) is 0 Å². The third-order valence-corrected chi connectivity index (χ3v) is 9.22. The Morgan fingerprint density at radius 2 is 1.44 bits per heavy atom. The van der Waals surface area contributed by atoms with Crippen molar-refractivity contribution in [3.8, 4) is 11.5 Å². The van der Waals surface area contributed by atoms with E-state index in [2.05, 4.69) is 41.7 Å². The molecule has 2 N–H and O–H groups in total. The molecule has 2 aromatic rings. The first-order valence-electron chi connectivity index (χ1n) is 14.2. The van der Waals surface area contributed by atoms with Gasteiger partial charge in [-0.25, -0.2) is 0 Å². The number of aromatic hydroxyl groups is 1. The molecule has 5 aliphatic carbocycles. The largest absolute Gasteiger partial charge is 0.508 e. The van der Waals surface area contributed by atoms with Gasteiger partial charge in [0.1, 0.15) is 11.5 Å². The summed E-state index contributed by atoms with van der Waals surface area (Å²) in [6.07, 6.45) is 12.0. The predicted molar refractivity (Wildman–Crippen MR) is 143 cm³/mol. The summed E-state index contributed by atoms with van der Waals surface area (Å²) < 4.78 is 6.03. The minimum Gasteiger partial charge on any atom is -0.508 e. The summed E-state index contributed by atoms with van der Waals surface area (Å²) in [6.45, 7) is 1.41. The predicted octanol–water partition coefficient (Wildman–Crippen LogP) is 6.73. The van der Waals surface area contributed by atoms with Crippen LogP contribution in [0, 0.1) is 29.6 Å². The van der Waals surface area contributed by atoms with E-state index in [1.807, 2.05) is 12.1 Å². The Hall–Kier alpha value is -2.75. The van der Waals surface area contributed by atoms with E-state index in [4.69, 9.17) is 4.74 Å². The highest BCUT2D eigenvalue weighted by Gasteiger charge is 2.46. The number of hydrogen-bond acceptors (Lipinski definition) is 3. The molecule has 1 amide bonds. The van der Waals surface area contributed by atoms with Crippen molar-refractivity contribution in [3.63, 3.8) is 0 Å². The van der Waals surface area contributed by atoms with E-state index in [0.717, 1.165) is 49.8 Å². The van der Waals surface area contributed by atoms with Gasteiger partial charge in [-0.1, -0.05) is 36.3 Å². The lowest BCUT2D eigenvalue weighted by atomic mass is 9.53. The van der Waals surface area contributed by atoms with Crippen LogP contribution >= 0.6 is 0 Å². The number of allylic oxidation sites excluding steroid dienone is 1. The van der Waals surface area contributed by atoms with Gasteiger partial charge in [0.2, 0.25) is 5.91 Å². The highest BCUT2D eigenvalue weighted by Crippen LogP contribution is 2.58. The highest BCUT2D eigenvalue weighted by atomic mass is 16.5. The number of amides is 1. The topological polar surface area (TPSA) is 58.6 Å². The van der Waals surface area contributed by atoms with Gasteiger partial charge in [0, 0.05) is 12.5 Å². The van der Waals surface area contributed by atoms with Gasteiger partial charge in [0.25, 0.3) is 0 Å². The van der Waals surface area contributed by atoms with Crippen LogP contribution in [-0.4, -0.2) is 24.2 Å². The fraction of sp³-hybridized carbons (Fsp3) is 0.531. The molecule has 4 bridgehead atoms. The van der Waals surface area contributed by atoms with E-state index in [1.165, 1.54) is 55.2 Å². The number of rotatable bonds is 9. The molecule has 0 aromatic heterocycles. The van der Waals surface area contributed by atoms with Crippen molar-refractivity contribution < 1.29 is 14.6 Å². The van der Waals surface area contributed by atoms with Crippen LogP contribution in [0.2, 0.25) is 0 Å². The van der Waals surface area contributed by atoms with Gasteiger partial charge < -0.3 is 15.2 Å². The van der Waals surface area contributed by atoms with Gasteiger partial charge in [0.15, 0.2) is 0 Å². The fourth-order valence-electron chi connectivity index (χ4n) is 7.39. The standard InChI is InChI=1S/C32H39NO3/c34-28-10-6-23(7-11-28)30(31-26-17-21-16-22(19-26)20-27(31)18-21)24-8-12-29(13-9-24)36-15-2-1-14-33-32(35)25-4-3-5-25/h6-13,21-22,25-27,34H,1-5,14-20H2,(H,33,35). The minimum absolute atomic E-state index is 0.232. The molecule has 0 saturated heterocycles. The van der Waals surface area contributed by atoms with Crippen molar-refractivity contribution in [2.24, 2.45) is 29.6 Å². The van der Waals surface area contributed by atoms with E-state index in [1.54, 1.807) is 5.57 Å². The van der Waals surface area contributed by atoms with Crippen LogP contribution in [-0.2, 0) is 4.79 Å². The third-order valence-electron chi connectivity index (χ3n) is 9.22.